The number of nitrogens with zero attached hydrogens (tertiary/aromatic N) is 5. The Morgan fingerprint density at radius 2 is 1.79 bits per heavy atom. The molecule has 0 radical (unpaired) electrons. The number of nitrogen functional groups attached to an aromatic ring is 1. The van der Waals surface area contributed by atoms with Gasteiger partial charge in [0.1, 0.15) is 23.2 Å². The van der Waals surface area contributed by atoms with E-state index in [1.807, 2.05) is 36.4 Å². The van der Waals surface area contributed by atoms with Crippen LogP contribution in [0.2, 0.25) is 5.02 Å². The van der Waals surface area contributed by atoms with E-state index < -0.39 is 0 Å². The van der Waals surface area contributed by atoms with Gasteiger partial charge in [0.2, 0.25) is 5.88 Å². The van der Waals surface area contributed by atoms with E-state index in [1.54, 1.807) is 30.3 Å². The van der Waals surface area contributed by atoms with Crippen LogP contribution in [-0.2, 0) is 0 Å². The third kappa shape index (κ3) is 3.49. The van der Waals surface area contributed by atoms with Gasteiger partial charge in [0, 0.05) is 16.7 Å². The van der Waals surface area contributed by atoms with Crippen LogP contribution in [0.25, 0.3) is 17.2 Å². The van der Waals surface area contributed by atoms with Gasteiger partial charge >= 0.3 is 0 Å². The number of halogens is 1. The zero-order chi connectivity index (χ0) is 19.5. The van der Waals surface area contributed by atoms with E-state index in [1.165, 1.54) is 10.9 Å². The fraction of sp³-hybridized carbons (Fsp3) is 0. The Balaban J connectivity index is 1.82. The van der Waals surface area contributed by atoms with Gasteiger partial charge in [0.05, 0.1) is 6.20 Å². The monoisotopic (exact) mass is 388 g/mol. The third-order valence-corrected chi connectivity index (χ3v) is 4.15. The first kappa shape index (κ1) is 17.5. The second-order valence-electron chi connectivity index (χ2n) is 5.78. The van der Waals surface area contributed by atoms with E-state index in [2.05, 4.69) is 15.1 Å². The highest BCUT2D eigenvalue weighted by atomic mass is 35.5. The van der Waals surface area contributed by atoms with E-state index in [9.17, 15) is 0 Å². The summed E-state index contributed by atoms with van der Waals surface area (Å²) < 4.78 is 7.25. The van der Waals surface area contributed by atoms with Gasteiger partial charge in [-0.1, -0.05) is 41.9 Å². The third-order valence-electron chi connectivity index (χ3n) is 3.90. The smallest absolute Gasteiger partial charge is 0.225 e. The molecule has 0 spiro atoms. The van der Waals surface area contributed by atoms with Crippen LogP contribution in [0, 0.1) is 11.3 Å². The second kappa shape index (κ2) is 7.39. The number of nitrogens with two attached hydrogens (primary N) is 1. The topological polar surface area (TPSA) is 103 Å². The number of rotatable bonds is 4. The molecule has 4 aromatic rings. The zero-order valence-electron chi connectivity index (χ0n) is 14.5. The number of hydrogen-bond donors (Lipinski definition) is 1. The summed E-state index contributed by atoms with van der Waals surface area (Å²) >= 11 is 5.93. The standard InChI is InChI=1S/C20H13ClN6O/c21-15-6-8-16(9-7-15)28-18-10-17(27-19(23)14(11-22)12-24-27)25-20(26-18)13-4-2-1-3-5-13/h1-10,12H,23H2. The number of nitriles is 1. The minimum Gasteiger partial charge on any atom is -0.439 e. The number of anilines is 1. The van der Waals surface area contributed by atoms with Gasteiger partial charge in [-0.05, 0) is 24.3 Å². The van der Waals surface area contributed by atoms with Gasteiger partial charge in [0.15, 0.2) is 11.6 Å². The fourth-order valence-electron chi connectivity index (χ4n) is 2.54. The molecule has 2 aromatic heterocycles. The van der Waals surface area contributed by atoms with Gasteiger partial charge in [-0.2, -0.15) is 20.0 Å². The first-order chi connectivity index (χ1) is 13.6. The van der Waals surface area contributed by atoms with Gasteiger partial charge in [0.25, 0.3) is 0 Å². The summed E-state index contributed by atoms with van der Waals surface area (Å²) in [6, 6.07) is 20.0. The maximum absolute atomic E-state index is 9.13. The lowest BCUT2D eigenvalue weighted by molar-refractivity contribution is 0.461. The molecule has 4 rings (SSSR count). The Kier molecular flexibility index (Phi) is 4.62. The summed E-state index contributed by atoms with van der Waals surface area (Å²) in [6.45, 7) is 0. The van der Waals surface area contributed by atoms with Crippen molar-refractivity contribution in [1.82, 2.24) is 19.7 Å². The van der Waals surface area contributed by atoms with Crippen molar-refractivity contribution in [2.75, 3.05) is 5.73 Å². The largest absolute Gasteiger partial charge is 0.439 e. The molecule has 0 aliphatic carbocycles. The molecule has 2 N–H and O–H groups in total. The van der Waals surface area contributed by atoms with E-state index >= 15 is 0 Å². The predicted octanol–water partition coefficient (Wildman–Crippen LogP) is 4.23. The second-order valence-corrected chi connectivity index (χ2v) is 6.21. The van der Waals surface area contributed by atoms with Crippen molar-refractivity contribution in [3.8, 4) is 34.9 Å². The number of benzene rings is 2. The summed E-state index contributed by atoms with van der Waals surface area (Å²) in [5.74, 6) is 1.89. The average Bonchev–Trinajstić information content (AvgIpc) is 3.10. The number of aromatic nitrogens is 4. The van der Waals surface area contributed by atoms with Crippen LogP contribution < -0.4 is 10.5 Å². The lowest BCUT2D eigenvalue weighted by atomic mass is 10.2. The molecule has 0 saturated carbocycles. The van der Waals surface area contributed by atoms with E-state index in [0.29, 0.717) is 28.3 Å². The minimum absolute atomic E-state index is 0.192. The molecule has 7 nitrogen and oxygen atoms in total. The van der Waals surface area contributed by atoms with Crippen LogP contribution >= 0.6 is 11.6 Å². The molecule has 0 unspecified atom stereocenters. The van der Waals surface area contributed by atoms with Crippen molar-refractivity contribution in [3.63, 3.8) is 0 Å². The minimum atomic E-state index is 0.192. The highest BCUT2D eigenvalue weighted by Gasteiger charge is 2.14. The Labute approximate surface area is 165 Å². The van der Waals surface area contributed by atoms with Crippen LogP contribution in [0.5, 0.6) is 11.6 Å². The Morgan fingerprint density at radius 3 is 2.46 bits per heavy atom. The van der Waals surface area contributed by atoms with Crippen molar-refractivity contribution in [2.24, 2.45) is 0 Å². The Hall–Kier alpha value is -3.89. The van der Waals surface area contributed by atoms with Crippen LogP contribution in [0.4, 0.5) is 5.82 Å². The van der Waals surface area contributed by atoms with Gasteiger partial charge in [-0.3, -0.25) is 0 Å². The number of ether oxygens (including phenoxy) is 1. The predicted molar refractivity (Wildman–Crippen MR) is 105 cm³/mol. The van der Waals surface area contributed by atoms with Crippen molar-refractivity contribution in [3.05, 3.63) is 77.4 Å². The molecular weight excluding hydrogens is 376 g/mol. The molecule has 0 atom stereocenters. The van der Waals surface area contributed by atoms with Gasteiger partial charge < -0.3 is 10.5 Å². The highest BCUT2D eigenvalue weighted by molar-refractivity contribution is 6.30. The van der Waals surface area contributed by atoms with E-state index in [-0.39, 0.29) is 11.4 Å². The average molecular weight is 389 g/mol. The van der Waals surface area contributed by atoms with Crippen LogP contribution in [0.15, 0.2) is 66.9 Å². The fourth-order valence-corrected chi connectivity index (χ4v) is 2.67. The normalized spacial score (nSPS) is 10.4. The first-order valence-electron chi connectivity index (χ1n) is 8.26. The van der Waals surface area contributed by atoms with E-state index in [0.717, 1.165) is 5.56 Å². The van der Waals surface area contributed by atoms with Gasteiger partial charge in [-0.25, -0.2) is 4.98 Å². The summed E-state index contributed by atoms with van der Waals surface area (Å²) in [5.41, 5.74) is 7.08. The lowest BCUT2D eigenvalue weighted by Gasteiger charge is -2.10. The molecule has 0 fully saturated rings. The molecule has 0 aliphatic rings. The Bertz CT molecular complexity index is 1170. The van der Waals surface area contributed by atoms with Crippen molar-refractivity contribution in [1.29, 1.82) is 5.26 Å². The zero-order valence-corrected chi connectivity index (χ0v) is 15.2. The summed E-state index contributed by atoms with van der Waals surface area (Å²) in [5, 5.41) is 13.9. The molecule has 8 heteroatoms. The summed E-state index contributed by atoms with van der Waals surface area (Å²) in [6.07, 6.45) is 1.39. The molecule has 0 amide bonds. The lowest BCUT2D eigenvalue weighted by Crippen LogP contribution is -2.07. The van der Waals surface area contributed by atoms with Crippen LogP contribution in [0.3, 0.4) is 0 Å². The molecule has 2 heterocycles. The molecule has 28 heavy (non-hydrogen) atoms. The Morgan fingerprint density at radius 1 is 1.04 bits per heavy atom. The van der Waals surface area contributed by atoms with Crippen LogP contribution in [-0.4, -0.2) is 19.7 Å². The molecule has 2 aromatic carbocycles. The summed E-state index contributed by atoms with van der Waals surface area (Å²) in [7, 11) is 0. The van der Waals surface area contributed by atoms with Crippen molar-refractivity contribution < 1.29 is 4.74 Å². The molecular formula is C20H13ClN6O. The van der Waals surface area contributed by atoms with Crippen molar-refractivity contribution >= 4 is 17.4 Å². The van der Waals surface area contributed by atoms with Crippen LogP contribution in [0.1, 0.15) is 5.56 Å². The molecule has 0 aliphatic heterocycles. The van der Waals surface area contributed by atoms with Crippen molar-refractivity contribution in [2.45, 2.75) is 0 Å². The number of hydrogen-bond acceptors (Lipinski definition) is 6. The quantitative estimate of drug-likeness (QED) is 0.561. The maximum Gasteiger partial charge on any atom is 0.225 e. The highest BCUT2D eigenvalue weighted by Crippen LogP contribution is 2.27. The SMILES string of the molecule is N#Cc1cnn(-c2cc(Oc3ccc(Cl)cc3)nc(-c3ccccc3)n2)c1N. The first-order valence-corrected chi connectivity index (χ1v) is 8.64. The van der Waals surface area contributed by atoms with Gasteiger partial charge in [-0.15, -0.1) is 0 Å². The molecule has 136 valence electrons. The maximum atomic E-state index is 9.13. The molecule has 0 bridgehead atoms. The molecule has 0 saturated heterocycles. The summed E-state index contributed by atoms with van der Waals surface area (Å²) in [4.78, 5) is 9.03. The van der Waals surface area contributed by atoms with E-state index in [4.69, 9.17) is 27.3 Å².